The van der Waals surface area contributed by atoms with Crippen LogP contribution in [0.5, 0.6) is 11.5 Å². The molecule has 2 amide bonds. The predicted octanol–water partition coefficient (Wildman–Crippen LogP) is 5.58. The van der Waals surface area contributed by atoms with Crippen molar-refractivity contribution in [2.75, 3.05) is 25.7 Å². The number of carbonyl (C=O) groups is 2. The number of benzene rings is 4. The third-order valence-corrected chi connectivity index (χ3v) is 8.01. The highest BCUT2D eigenvalue weighted by atomic mass is 35.5. The molecule has 0 N–H and O–H groups in total. The zero-order valence-corrected chi connectivity index (χ0v) is 23.5. The highest BCUT2D eigenvalue weighted by Crippen LogP contribution is 2.53. The predicted molar refractivity (Wildman–Crippen MR) is 156 cm³/mol. The number of methoxy groups -OCH3 is 2. The maximum atomic E-state index is 14.0. The molecule has 0 unspecified atom stereocenters. The van der Waals surface area contributed by atoms with E-state index in [2.05, 4.69) is 0 Å². The van der Waals surface area contributed by atoms with E-state index in [0.717, 1.165) is 22.3 Å². The van der Waals surface area contributed by atoms with Crippen LogP contribution < -0.4 is 14.4 Å². The van der Waals surface area contributed by atoms with Gasteiger partial charge in [0.2, 0.25) is 5.91 Å². The summed E-state index contributed by atoms with van der Waals surface area (Å²) in [7, 11) is 3.17. The fourth-order valence-electron chi connectivity index (χ4n) is 5.88. The molecule has 1 saturated heterocycles. The lowest BCUT2D eigenvalue weighted by Gasteiger charge is -2.56. The van der Waals surface area contributed by atoms with Crippen LogP contribution in [-0.4, -0.2) is 43.6 Å². The molecule has 0 aromatic heterocycles. The molecule has 2 aliphatic rings. The van der Waals surface area contributed by atoms with Gasteiger partial charge in [0.1, 0.15) is 23.6 Å². The summed E-state index contributed by atoms with van der Waals surface area (Å²) in [6.07, 6.45) is -0.855. The molecule has 2 aliphatic heterocycles. The summed E-state index contributed by atoms with van der Waals surface area (Å²) in [5.74, 6) is 0.774. The molecule has 0 bridgehead atoms. The van der Waals surface area contributed by atoms with E-state index >= 15 is 0 Å². The van der Waals surface area contributed by atoms with Crippen molar-refractivity contribution in [3.05, 3.63) is 124 Å². The molecular weight excluding hydrogens is 540 g/mol. The van der Waals surface area contributed by atoms with Crippen LogP contribution in [0.1, 0.15) is 22.3 Å². The van der Waals surface area contributed by atoms with E-state index in [1.165, 1.54) is 0 Å². The summed E-state index contributed by atoms with van der Waals surface area (Å²) in [6, 6.07) is 30.4. The first-order chi connectivity index (χ1) is 19.9. The van der Waals surface area contributed by atoms with Crippen molar-refractivity contribution in [2.24, 2.45) is 0 Å². The zero-order chi connectivity index (χ0) is 28.6. The number of anilines is 1. The minimum Gasteiger partial charge on any atom is -0.497 e. The summed E-state index contributed by atoms with van der Waals surface area (Å²) in [5, 5.41) is 0.498. The summed E-state index contributed by atoms with van der Waals surface area (Å²) in [5.41, 5.74) is 2.95. The Hall–Kier alpha value is -4.33. The lowest BCUT2D eigenvalue weighted by atomic mass is 9.69. The Morgan fingerprint density at radius 2 is 1.49 bits per heavy atom. The number of rotatable bonds is 8. The average molecular weight is 569 g/mol. The Labute approximate surface area is 243 Å². The molecule has 7 nitrogen and oxygen atoms in total. The Balaban J connectivity index is 1.50. The van der Waals surface area contributed by atoms with Gasteiger partial charge in [-0.1, -0.05) is 72.3 Å². The average Bonchev–Trinajstić information content (AvgIpc) is 3.09. The van der Waals surface area contributed by atoms with Crippen molar-refractivity contribution in [3.8, 4) is 11.5 Å². The molecule has 4 aromatic rings. The molecule has 4 aromatic carbocycles. The number of halogens is 1. The van der Waals surface area contributed by atoms with E-state index in [9.17, 15) is 9.59 Å². The van der Waals surface area contributed by atoms with E-state index in [-0.39, 0.29) is 31.5 Å². The van der Waals surface area contributed by atoms with Gasteiger partial charge >= 0.3 is 0 Å². The number of carbonyl (C=O) groups excluding carboxylic acids is 2. The first-order valence-corrected chi connectivity index (χ1v) is 13.7. The molecule has 2 atom stereocenters. The molecule has 0 aliphatic carbocycles. The van der Waals surface area contributed by atoms with Crippen molar-refractivity contribution >= 4 is 29.1 Å². The first kappa shape index (κ1) is 26.9. The van der Waals surface area contributed by atoms with Gasteiger partial charge in [-0.3, -0.25) is 9.59 Å². The minimum atomic E-state index is -1.05. The number of ether oxygens (including phenoxy) is 3. The number of fused-ring (bicyclic) bond motifs is 3. The highest BCUT2D eigenvalue weighted by Gasteiger charge is 2.65. The number of nitrogens with zero attached hydrogens (tertiary/aromatic N) is 2. The number of β-lactam (4-membered cyclic amide) rings is 1. The van der Waals surface area contributed by atoms with Crippen LogP contribution >= 0.6 is 11.6 Å². The van der Waals surface area contributed by atoms with Crippen LogP contribution in [-0.2, 0) is 33.0 Å². The second-order valence-electron chi connectivity index (χ2n) is 10.1. The van der Waals surface area contributed by atoms with Gasteiger partial charge in [-0.15, -0.1) is 0 Å². The normalized spacial score (nSPS) is 19.6. The second kappa shape index (κ2) is 10.9. The lowest BCUT2D eigenvalue weighted by Crippen LogP contribution is -2.73. The van der Waals surface area contributed by atoms with Gasteiger partial charge < -0.3 is 24.0 Å². The maximum absolute atomic E-state index is 14.0. The Kier molecular flexibility index (Phi) is 7.15. The number of amides is 2. The fourth-order valence-corrected chi connectivity index (χ4v) is 6.05. The van der Waals surface area contributed by atoms with Crippen LogP contribution in [0.3, 0.4) is 0 Å². The minimum absolute atomic E-state index is 0.119. The van der Waals surface area contributed by atoms with Crippen LogP contribution in [0.2, 0.25) is 5.02 Å². The summed E-state index contributed by atoms with van der Waals surface area (Å²) < 4.78 is 17.3. The van der Waals surface area contributed by atoms with E-state index in [1.807, 2.05) is 84.9 Å². The Morgan fingerprint density at radius 1 is 0.829 bits per heavy atom. The van der Waals surface area contributed by atoms with Gasteiger partial charge in [0.15, 0.2) is 6.10 Å². The van der Waals surface area contributed by atoms with Gasteiger partial charge in [0.25, 0.3) is 5.91 Å². The quantitative estimate of drug-likeness (QED) is 0.260. The maximum Gasteiger partial charge on any atom is 0.256 e. The van der Waals surface area contributed by atoms with Crippen LogP contribution in [0.4, 0.5) is 5.69 Å². The third-order valence-electron chi connectivity index (χ3n) is 7.78. The van der Waals surface area contributed by atoms with Crippen LogP contribution in [0.25, 0.3) is 0 Å². The molecule has 0 saturated carbocycles. The van der Waals surface area contributed by atoms with E-state index in [1.54, 1.807) is 36.2 Å². The largest absolute Gasteiger partial charge is 0.497 e. The molecule has 0 radical (unpaired) electrons. The zero-order valence-electron chi connectivity index (χ0n) is 22.7. The van der Waals surface area contributed by atoms with Gasteiger partial charge in [-0.2, -0.15) is 0 Å². The van der Waals surface area contributed by atoms with E-state index in [0.29, 0.717) is 22.2 Å². The molecule has 0 spiro atoms. The third kappa shape index (κ3) is 4.61. The topological polar surface area (TPSA) is 68.3 Å². The Bertz CT molecular complexity index is 1570. The number of hydrogen-bond acceptors (Lipinski definition) is 5. The summed E-state index contributed by atoms with van der Waals surface area (Å²) in [6.45, 7) is 0.368. The van der Waals surface area contributed by atoms with Crippen molar-refractivity contribution in [2.45, 2.75) is 24.8 Å². The van der Waals surface area contributed by atoms with Crippen LogP contribution in [0.15, 0.2) is 97.1 Å². The summed E-state index contributed by atoms with van der Waals surface area (Å²) >= 11 is 6.62. The van der Waals surface area contributed by atoms with Gasteiger partial charge in [0, 0.05) is 16.7 Å². The molecule has 1 fully saturated rings. The van der Waals surface area contributed by atoms with Gasteiger partial charge in [-0.25, -0.2) is 0 Å². The molecular formula is C33H29ClN2O5. The van der Waals surface area contributed by atoms with Crippen LogP contribution in [0, 0.1) is 0 Å². The van der Waals surface area contributed by atoms with Crippen molar-refractivity contribution in [1.29, 1.82) is 0 Å². The molecule has 208 valence electrons. The highest BCUT2D eigenvalue weighted by molar-refractivity contribution is 6.30. The monoisotopic (exact) mass is 568 g/mol. The summed E-state index contributed by atoms with van der Waals surface area (Å²) in [4.78, 5) is 31.1. The number of hydrogen-bond donors (Lipinski definition) is 0. The fraction of sp³-hybridized carbons (Fsp3) is 0.212. The molecule has 8 heteroatoms. The second-order valence-corrected chi connectivity index (χ2v) is 10.5. The van der Waals surface area contributed by atoms with Crippen molar-refractivity contribution in [3.63, 3.8) is 0 Å². The van der Waals surface area contributed by atoms with Crippen molar-refractivity contribution in [1.82, 2.24) is 4.90 Å². The smallest absolute Gasteiger partial charge is 0.256 e. The Morgan fingerprint density at radius 3 is 2.15 bits per heavy atom. The van der Waals surface area contributed by atoms with Gasteiger partial charge in [0.05, 0.1) is 33.1 Å². The van der Waals surface area contributed by atoms with Crippen molar-refractivity contribution < 1.29 is 23.8 Å². The molecule has 41 heavy (non-hydrogen) atoms. The molecule has 2 heterocycles. The molecule has 6 rings (SSSR count). The van der Waals surface area contributed by atoms with E-state index in [4.69, 9.17) is 25.8 Å². The first-order valence-electron chi connectivity index (χ1n) is 13.3. The van der Waals surface area contributed by atoms with Gasteiger partial charge in [-0.05, 0) is 47.0 Å². The lowest BCUT2D eigenvalue weighted by molar-refractivity contribution is -0.192. The standard InChI is InChI=1S/C33H29ClN2O5/c1-39-26-15-23(16-27(18-26)40-2)19-35-29-14-13-25(34)17-28(29)33(24-11-7-4-8-12-24)31(32(38)36(33)20-30(35)37)41-21-22-9-5-3-6-10-22/h3-18,31H,19-21H2,1-2H3/t31-,33+/m1/s1. The van der Waals surface area contributed by atoms with E-state index < -0.39 is 11.6 Å². The SMILES string of the molecule is COc1cc(CN2C(=O)CN3C(=O)[C@@H](OCc4ccccc4)[C@]3(c3ccccc3)c3cc(Cl)ccc32)cc(OC)c1.